The number of aromatic nitrogens is 3. The molecule has 1 aromatic heterocycles. The van der Waals surface area contributed by atoms with E-state index in [0.717, 1.165) is 11.6 Å². The number of ether oxygens (including phenoxy) is 1. The molecule has 0 fully saturated rings. The predicted molar refractivity (Wildman–Crippen MR) is 64.6 cm³/mol. The molecule has 98 valence electrons. The van der Waals surface area contributed by atoms with Crippen LogP contribution in [0.25, 0.3) is 0 Å². The fourth-order valence-electron chi connectivity index (χ4n) is 1.67. The Morgan fingerprint density at radius 1 is 1.47 bits per heavy atom. The smallest absolute Gasteiger partial charge is 0.146 e. The molecule has 2 N–H and O–H groups in total. The van der Waals surface area contributed by atoms with Gasteiger partial charge in [0.15, 0.2) is 0 Å². The summed E-state index contributed by atoms with van der Waals surface area (Å²) in [4.78, 5) is 0. The van der Waals surface area contributed by atoms with Crippen molar-refractivity contribution < 1.29 is 9.84 Å². The minimum absolute atomic E-state index is 0.130. The van der Waals surface area contributed by atoms with Crippen LogP contribution in [0, 0.1) is 6.92 Å². The van der Waals surface area contributed by atoms with Crippen LogP contribution in [-0.2, 0) is 18.3 Å². The van der Waals surface area contributed by atoms with Gasteiger partial charge in [0.2, 0.25) is 0 Å². The summed E-state index contributed by atoms with van der Waals surface area (Å²) in [5, 5.41) is 20.5. The van der Waals surface area contributed by atoms with Crippen LogP contribution in [0.15, 0.2) is 0 Å². The third kappa shape index (κ3) is 3.76. The van der Waals surface area contributed by atoms with E-state index < -0.39 is 0 Å². The van der Waals surface area contributed by atoms with Crippen molar-refractivity contribution in [3.63, 3.8) is 0 Å². The lowest BCUT2D eigenvalue weighted by Gasteiger charge is -2.29. The first kappa shape index (κ1) is 14.1. The standard InChI is InChI=1S/C11H22N4O2/c1-9-13-14-10(15(9)3)7-12-11(2,5-6-16)8-17-4/h12,16H,5-8H2,1-4H3. The molecule has 0 aromatic carbocycles. The van der Waals surface area contributed by atoms with E-state index in [1.165, 1.54) is 0 Å². The van der Waals surface area contributed by atoms with Gasteiger partial charge in [0, 0.05) is 26.3 Å². The van der Waals surface area contributed by atoms with E-state index in [2.05, 4.69) is 15.5 Å². The fourth-order valence-corrected chi connectivity index (χ4v) is 1.67. The molecule has 0 aliphatic heterocycles. The van der Waals surface area contributed by atoms with Crippen molar-refractivity contribution in [3.8, 4) is 0 Å². The minimum Gasteiger partial charge on any atom is -0.396 e. The average Bonchev–Trinajstić information content (AvgIpc) is 2.58. The molecule has 0 saturated carbocycles. The quantitative estimate of drug-likeness (QED) is 0.704. The lowest BCUT2D eigenvalue weighted by Crippen LogP contribution is -2.46. The summed E-state index contributed by atoms with van der Waals surface area (Å²) in [7, 11) is 3.59. The summed E-state index contributed by atoms with van der Waals surface area (Å²) in [6.07, 6.45) is 0.637. The van der Waals surface area contributed by atoms with Gasteiger partial charge in [-0.15, -0.1) is 10.2 Å². The van der Waals surface area contributed by atoms with Crippen LogP contribution in [0.4, 0.5) is 0 Å². The van der Waals surface area contributed by atoms with E-state index in [0.29, 0.717) is 19.6 Å². The van der Waals surface area contributed by atoms with Crippen LogP contribution < -0.4 is 5.32 Å². The molecule has 1 heterocycles. The number of aliphatic hydroxyl groups excluding tert-OH is 1. The summed E-state index contributed by atoms with van der Waals surface area (Å²) in [5.41, 5.74) is -0.247. The molecule has 17 heavy (non-hydrogen) atoms. The molecule has 6 nitrogen and oxygen atoms in total. The van der Waals surface area contributed by atoms with Gasteiger partial charge < -0.3 is 19.7 Å². The van der Waals surface area contributed by atoms with Crippen molar-refractivity contribution >= 4 is 0 Å². The molecule has 1 aromatic rings. The summed E-state index contributed by atoms with van der Waals surface area (Å²) in [6, 6.07) is 0. The number of rotatable bonds is 7. The fraction of sp³-hybridized carbons (Fsp3) is 0.818. The lowest BCUT2D eigenvalue weighted by molar-refractivity contribution is 0.0963. The third-order valence-electron chi connectivity index (χ3n) is 2.98. The molecule has 0 amide bonds. The van der Waals surface area contributed by atoms with Gasteiger partial charge in [-0.1, -0.05) is 0 Å². The number of nitrogens with zero attached hydrogens (tertiary/aromatic N) is 3. The Morgan fingerprint density at radius 2 is 2.18 bits per heavy atom. The SMILES string of the molecule is COCC(C)(CCO)NCc1nnc(C)n1C. The van der Waals surface area contributed by atoms with Crippen molar-refractivity contribution in [3.05, 3.63) is 11.6 Å². The molecule has 0 bridgehead atoms. The van der Waals surface area contributed by atoms with E-state index in [1.807, 2.05) is 25.5 Å². The van der Waals surface area contributed by atoms with Gasteiger partial charge in [-0.3, -0.25) is 0 Å². The Kier molecular flexibility index (Phi) is 5.04. The predicted octanol–water partition coefficient (Wildman–Crippen LogP) is 0.000620. The molecule has 1 atom stereocenters. The molecule has 0 aliphatic rings. The highest BCUT2D eigenvalue weighted by atomic mass is 16.5. The number of aryl methyl sites for hydroxylation is 1. The van der Waals surface area contributed by atoms with Crippen molar-refractivity contribution in [2.75, 3.05) is 20.3 Å². The maximum atomic E-state index is 9.06. The maximum absolute atomic E-state index is 9.06. The molecule has 0 aliphatic carbocycles. The second-order valence-electron chi connectivity index (χ2n) is 4.54. The number of hydrogen-bond acceptors (Lipinski definition) is 5. The Labute approximate surface area is 102 Å². The first-order valence-electron chi connectivity index (χ1n) is 5.72. The topological polar surface area (TPSA) is 72.2 Å². The summed E-state index contributed by atoms with van der Waals surface area (Å²) < 4.78 is 7.11. The normalized spacial score (nSPS) is 14.9. The van der Waals surface area contributed by atoms with Crippen LogP contribution in [0.5, 0.6) is 0 Å². The van der Waals surface area contributed by atoms with E-state index in [9.17, 15) is 0 Å². The first-order chi connectivity index (χ1) is 8.02. The van der Waals surface area contributed by atoms with Gasteiger partial charge in [-0.2, -0.15) is 0 Å². The number of nitrogens with one attached hydrogen (secondary N) is 1. The van der Waals surface area contributed by atoms with E-state index in [4.69, 9.17) is 9.84 Å². The molecule has 1 rings (SSSR count). The van der Waals surface area contributed by atoms with Crippen molar-refractivity contribution in [1.82, 2.24) is 20.1 Å². The summed E-state index contributed by atoms with van der Waals surface area (Å²) in [6.45, 7) is 5.22. The molecule has 0 saturated heterocycles. The zero-order valence-electron chi connectivity index (χ0n) is 11.0. The molecular weight excluding hydrogens is 220 g/mol. The Hall–Kier alpha value is -0.980. The average molecular weight is 242 g/mol. The zero-order chi connectivity index (χ0) is 12.9. The van der Waals surface area contributed by atoms with E-state index >= 15 is 0 Å². The van der Waals surface area contributed by atoms with Crippen molar-refractivity contribution in [2.45, 2.75) is 32.4 Å². The molecule has 0 radical (unpaired) electrons. The summed E-state index contributed by atoms with van der Waals surface area (Å²) >= 11 is 0. The van der Waals surface area contributed by atoms with Gasteiger partial charge in [0.25, 0.3) is 0 Å². The third-order valence-corrected chi connectivity index (χ3v) is 2.98. The number of aliphatic hydroxyl groups is 1. The van der Waals surface area contributed by atoms with Crippen LogP contribution in [0.3, 0.4) is 0 Å². The number of hydrogen-bond donors (Lipinski definition) is 2. The van der Waals surface area contributed by atoms with Crippen LogP contribution >= 0.6 is 0 Å². The Balaban J connectivity index is 2.60. The highest BCUT2D eigenvalue weighted by Gasteiger charge is 2.23. The van der Waals surface area contributed by atoms with Gasteiger partial charge in [0.05, 0.1) is 13.2 Å². The largest absolute Gasteiger partial charge is 0.396 e. The maximum Gasteiger partial charge on any atom is 0.146 e. The molecule has 1 unspecified atom stereocenters. The van der Waals surface area contributed by atoms with Gasteiger partial charge >= 0.3 is 0 Å². The monoisotopic (exact) mass is 242 g/mol. The molecule has 6 heteroatoms. The van der Waals surface area contributed by atoms with E-state index in [-0.39, 0.29) is 12.1 Å². The lowest BCUT2D eigenvalue weighted by atomic mass is 9.99. The van der Waals surface area contributed by atoms with Crippen molar-refractivity contribution in [1.29, 1.82) is 0 Å². The highest BCUT2D eigenvalue weighted by Crippen LogP contribution is 2.11. The zero-order valence-corrected chi connectivity index (χ0v) is 11.0. The Morgan fingerprint density at radius 3 is 2.65 bits per heavy atom. The number of methoxy groups -OCH3 is 1. The van der Waals surface area contributed by atoms with Crippen LogP contribution in [0.1, 0.15) is 25.0 Å². The second kappa shape index (κ2) is 6.09. The van der Waals surface area contributed by atoms with E-state index in [1.54, 1.807) is 7.11 Å². The van der Waals surface area contributed by atoms with Gasteiger partial charge in [0.1, 0.15) is 11.6 Å². The Bertz CT molecular complexity index is 345. The highest BCUT2D eigenvalue weighted by molar-refractivity contribution is 4.94. The van der Waals surface area contributed by atoms with Crippen LogP contribution in [-0.4, -0.2) is 45.7 Å². The van der Waals surface area contributed by atoms with Crippen molar-refractivity contribution in [2.24, 2.45) is 7.05 Å². The first-order valence-corrected chi connectivity index (χ1v) is 5.72. The molecule has 0 spiro atoms. The van der Waals surface area contributed by atoms with Gasteiger partial charge in [-0.25, -0.2) is 0 Å². The second-order valence-corrected chi connectivity index (χ2v) is 4.54. The summed E-state index contributed by atoms with van der Waals surface area (Å²) in [5.74, 6) is 1.76. The van der Waals surface area contributed by atoms with Gasteiger partial charge in [-0.05, 0) is 20.3 Å². The van der Waals surface area contributed by atoms with Crippen LogP contribution in [0.2, 0.25) is 0 Å². The molecular formula is C11H22N4O2. The minimum atomic E-state index is -0.247.